The number of hydrogen-bond acceptors (Lipinski definition) is 13. The minimum absolute atomic E-state index is 0.0538. The number of carboxylic acids is 1. The summed E-state index contributed by atoms with van der Waals surface area (Å²) in [6.07, 6.45) is -0.987. The summed E-state index contributed by atoms with van der Waals surface area (Å²) < 4.78 is 5.51. The Morgan fingerprint density at radius 3 is 1.87 bits per heavy atom. The molecule has 0 unspecified atom stereocenters. The van der Waals surface area contributed by atoms with E-state index in [1.165, 1.54) is 24.3 Å². The van der Waals surface area contributed by atoms with Crippen molar-refractivity contribution in [3.05, 3.63) is 107 Å². The van der Waals surface area contributed by atoms with Crippen molar-refractivity contribution in [1.29, 1.82) is 0 Å². The fourth-order valence-electron chi connectivity index (χ4n) is 4.02. The molecule has 2 amide bonds. The number of ether oxygens (including phenoxy) is 1. The third kappa shape index (κ3) is 8.89. The quantitative estimate of drug-likeness (QED) is 0.129. The average molecular weight is 642 g/mol. The van der Waals surface area contributed by atoms with Crippen molar-refractivity contribution in [2.24, 2.45) is 5.73 Å². The molecule has 0 saturated carbocycles. The molecule has 20 heteroatoms. The molecule has 20 nitrogen and oxygen atoms in total. The summed E-state index contributed by atoms with van der Waals surface area (Å²) in [7, 11) is 0. The Balaban J connectivity index is 1.92. The van der Waals surface area contributed by atoms with Gasteiger partial charge in [0.25, 0.3) is 17.1 Å². The van der Waals surface area contributed by atoms with Gasteiger partial charge in [-0.2, -0.15) is 0 Å². The van der Waals surface area contributed by atoms with Crippen LogP contribution in [0.2, 0.25) is 0 Å². The standard InChI is InChI=1S/C26H23N7O13/c27-24(34)10-8-19(26(36)37)29-25(35)20(28-18-7-3-15(30(38)39)12-21(18)32(42)43)11-14-1-5-17(6-2-14)46-23-9-4-16(31(40)41)13-22(23)33(44)45/h1-7,9,12-13,19-20,28H,8,10-11H2,(H2,27,34)(H,29,35)(H,36,37)/t19-,20-/m0/s1. The number of carboxylic acid groups (broad SMARTS) is 1. The van der Waals surface area contributed by atoms with E-state index in [0.717, 1.165) is 30.3 Å². The number of amides is 2. The number of anilines is 1. The van der Waals surface area contributed by atoms with Crippen molar-refractivity contribution in [1.82, 2.24) is 5.32 Å². The summed E-state index contributed by atoms with van der Waals surface area (Å²) in [5, 5.41) is 59.6. The van der Waals surface area contributed by atoms with Gasteiger partial charge in [0, 0.05) is 25.0 Å². The molecular formula is C26H23N7O13. The summed E-state index contributed by atoms with van der Waals surface area (Å²) in [6.45, 7) is 0. The number of carbonyl (C=O) groups excluding carboxylic acids is 2. The van der Waals surface area contributed by atoms with Gasteiger partial charge in [0.1, 0.15) is 23.5 Å². The summed E-state index contributed by atoms with van der Waals surface area (Å²) >= 11 is 0. The molecule has 2 atom stereocenters. The molecule has 0 bridgehead atoms. The largest absolute Gasteiger partial charge is 0.480 e. The number of nitrogens with zero attached hydrogens (tertiary/aromatic N) is 4. The molecule has 0 aliphatic heterocycles. The zero-order chi connectivity index (χ0) is 34.1. The van der Waals surface area contributed by atoms with Crippen LogP contribution in [0.4, 0.5) is 28.4 Å². The highest BCUT2D eigenvalue weighted by Crippen LogP contribution is 2.35. The highest BCUT2D eigenvalue weighted by atomic mass is 16.6. The lowest BCUT2D eigenvalue weighted by Crippen LogP contribution is -2.49. The number of hydrogen-bond donors (Lipinski definition) is 4. The summed E-state index contributed by atoms with van der Waals surface area (Å²) in [5.41, 5.74) is 2.60. The predicted octanol–water partition coefficient (Wildman–Crippen LogP) is 2.97. The molecule has 0 aliphatic carbocycles. The van der Waals surface area contributed by atoms with Crippen molar-refractivity contribution in [2.75, 3.05) is 5.32 Å². The van der Waals surface area contributed by atoms with Gasteiger partial charge in [0.2, 0.25) is 17.6 Å². The first-order chi connectivity index (χ1) is 21.7. The highest BCUT2D eigenvalue weighted by Gasteiger charge is 2.29. The van der Waals surface area contributed by atoms with Gasteiger partial charge >= 0.3 is 11.7 Å². The fourth-order valence-corrected chi connectivity index (χ4v) is 4.02. The number of primary amides is 1. The zero-order valence-electron chi connectivity index (χ0n) is 23.3. The lowest BCUT2D eigenvalue weighted by atomic mass is 10.0. The van der Waals surface area contributed by atoms with Crippen LogP contribution in [0.15, 0.2) is 60.7 Å². The minimum atomic E-state index is -1.57. The Labute approximate surface area is 256 Å². The molecule has 46 heavy (non-hydrogen) atoms. The predicted molar refractivity (Wildman–Crippen MR) is 155 cm³/mol. The number of carbonyl (C=O) groups is 3. The molecule has 3 aromatic rings. The third-order valence-electron chi connectivity index (χ3n) is 6.27. The highest BCUT2D eigenvalue weighted by molar-refractivity contribution is 5.90. The molecule has 0 fully saturated rings. The van der Waals surface area contributed by atoms with Crippen LogP contribution in [0.5, 0.6) is 11.5 Å². The molecule has 0 saturated heterocycles. The molecule has 3 aromatic carbocycles. The maximum absolute atomic E-state index is 13.3. The second kappa shape index (κ2) is 14.6. The van der Waals surface area contributed by atoms with Crippen LogP contribution in [0.1, 0.15) is 18.4 Å². The molecular weight excluding hydrogens is 618 g/mol. The van der Waals surface area contributed by atoms with Gasteiger partial charge in [-0.3, -0.25) is 50.0 Å². The van der Waals surface area contributed by atoms with Gasteiger partial charge in [0.15, 0.2) is 0 Å². The van der Waals surface area contributed by atoms with E-state index in [4.69, 9.17) is 10.5 Å². The minimum Gasteiger partial charge on any atom is -0.480 e. The van der Waals surface area contributed by atoms with Crippen LogP contribution in [0.3, 0.4) is 0 Å². The SMILES string of the molecule is NC(=O)CC[C@H](NC(=O)[C@H](Cc1ccc(Oc2ccc([N+](=O)[O-])cc2[N+](=O)[O-])cc1)Nc1ccc([N+](=O)[O-])cc1[N+](=O)[O-])C(=O)O. The Morgan fingerprint density at radius 2 is 1.35 bits per heavy atom. The average Bonchev–Trinajstić information content (AvgIpc) is 2.99. The zero-order valence-corrected chi connectivity index (χ0v) is 23.3. The Morgan fingerprint density at radius 1 is 0.783 bits per heavy atom. The van der Waals surface area contributed by atoms with Crippen molar-refractivity contribution in [2.45, 2.75) is 31.3 Å². The van der Waals surface area contributed by atoms with E-state index < -0.39 is 72.3 Å². The molecule has 0 spiro atoms. The lowest BCUT2D eigenvalue weighted by molar-refractivity contribution is -0.394. The Bertz CT molecular complexity index is 1710. The summed E-state index contributed by atoms with van der Waals surface area (Å²) in [6, 6.07) is 7.96. The van der Waals surface area contributed by atoms with E-state index in [2.05, 4.69) is 10.6 Å². The monoisotopic (exact) mass is 641 g/mol. The first-order valence-electron chi connectivity index (χ1n) is 12.9. The van der Waals surface area contributed by atoms with Crippen LogP contribution in [0.25, 0.3) is 0 Å². The number of benzene rings is 3. The van der Waals surface area contributed by atoms with E-state index in [9.17, 15) is 59.9 Å². The van der Waals surface area contributed by atoms with Crippen LogP contribution in [-0.2, 0) is 20.8 Å². The van der Waals surface area contributed by atoms with E-state index in [-0.39, 0.29) is 36.4 Å². The van der Waals surface area contributed by atoms with E-state index in [0.29, 0.717) is 11.6 Å². The van der Waals surface area contributed by atoms with E-state index >= 15 is 0 Å². The molecule has 3 rings (SSSR count). The number of nitro benzene ring substituents is 4. The van der Waals surface area contributed by atoms with Gasteiger partial charge in [-0.05, 0) is 36.2 Å². The first kappa shape index (κ1) is 33.8. The van der Waals surface area contributed by atoms with Crippen molar-refractivity contribution in [3.8, 4) is 11.5 Å². The first-order valence-corrected chi connectivity index (χ1v) is 12.9. The van der Waals surface area contributed by atoms with Gasteiger partial charge in [0.05, 0.1) is 31.8 Å². The normalized spacial score (nSPS) is 11.8. The Hall–Kier alpha value is -6.73. The number of nitrogens with one attached hydrogen (secondary N) is 2. The van der Waals surface area contributed by atoms with Gasteiger partial charge in [-0.25, -0.2) is 4.79 Å². The van der Waals surface area contributed by atoms with E-state index in [1.54, 1.807) is 0 Å². The molecule has 5 N–H and O–H groups in total. The second-order valence-electron chi connectivity index (χ2n) is 9.43. The number of non-ortho nitro benzene ring substituents is 2. The summed E-state index contributed by atoms with van der Waals surface area (Å²) in [5.74, 6) is -3.53. The van der Waals surface area contributed by atoms with Crippen molar-refractivity contribution >= 4 is 46.2 Å². The number of rotatable bonds is 16. The fraction of sp³-hybridized carbons (Fsp3) is 0.192. The van der Waals surface area contributed by atoms with Crippen molar-refractivity contribution < 1.29 is 43.9 Å². The van der Waals surface area contributed by atoms with Crippen LogP contribution in [-0.4, -0.2) is 54.7 Å². The molecule has 0 aliphatic rings. The number of aliphatic carboxylic acids is 1. The molecule has 0 heterocycles. The third-order valence-corrected chi connectivity index (χ3v) is 6.27. The molecule has 0 radical (unpaired) electrons. The van der Waals surface area contributed by atoms with Gasteiger partial charge in [-0.15, -0.1) is 0 Å². The summed E-state index contributed by atoms with van der Waals surface area (Å²) in [4.78, 5) is 77.9. The maximum Gasteiger partial charge on any atom is 0.326 e. The van der Waals surface area contributed by atoms with Gasteiger partial charge < -0.3 is 26.2 Å². The van der Waals surface area contributed by atoms with Crippen LogP contribution < -0.4 is 21.1 Å². The second-order valence-corrected chi connectivity index (χ2v) is 9.43. The molecule has 240 valence electrons. The lowest BCUT2D eigenvalue weighted by Gasteiger charge is -2.22. The van der Waals surface area contributed by atoms with E-state index in [1.807, 2.05) is 0 Å². The van der Waals surface area contributed by atoms with Crippen LogP contribution >= 0.6 is 0 Å². The van der Waals surface area contributed by atoms with Crippen molar-refractivity contribution in [3.63, 3.8) is 0 Å². The van der Waals surface area contributed by atoms with Gasteiger partial charge in [-0.1, -0.05) is 12.1 Å². The maximum atomic E-state index is 13.3. The smallest absolute Gasteiger partial charge is 0.326 e. The topological polar surface area (TPSA) is 303 Å². The number of nitro groups is 4. The molecule has 0 aromatic heterocycles. The number of nitrogens with two attached hydrogens (primary N) is 1. The van der Waals surface area contributed by atoms with Crippen LogP contribution in [0, 0.1) is 40.5 Å². The Kier molecular flexibility index (Phi) is 10.7.